The van der Waals surface area contributed by atoms with Crippen LogP contribution in [-0.4, -0.2) is 21.4 Å². The zero-order chi connectivity index (χ0) is 21.3. The summed E-state index contributed by atoms with van der Waals surface area (Å²) in [4.78, 5) is 52.4. The summed E-state index contributed by atoms with van der Waals surface area (Å²) in [5.41, 5.74) is -0.497. The zero-order valence-electron chi connectivity index (χ0n) is 15.6. The lowest BCUT2D eigenvalue weighted by Gasteiger charge is -2.26. The average molecular weight is 408 g/mol. The van der Waals surface area contributed by atoms with Gasteiger partial charge in [-0.25, -0.2) is 9.18 Å². The molecule has 0 radical (unpaired) electrons. The Morgan fingerprint density at radius 3 is 2.60 bits per heavy atom. The molecule has 0 saturated heterocycles. The van der Waals surface area contributed by atoms with Crippen LogP contribution in [0.4, 0.5) is 15.9 Å². The van der Waals surface area contributed by atoms with Gasteiger partial charge in [0.05, 0.1) is 18.0 Å². The highest BCUT2D eigenvalue weighted by Gasteiger charge is 2.35. The van der Waals surface area contributed by atoms with Crippen molar-refractivity contribution in [3.63, 3.8) is 0 Å². The molecule has 1 aliphatic heterocycles. The van der Waals surface area contributed by atoms with Gasteiger partial charge in [0, 0.05) is 12.1 Å². The molecule has 30 heavy (non-hydrogen) atoms. The van der Waals surface area contributed by atoms with Crippen molar-refractivity contribution >= 4 is 23.3 Å². The third kappa shape index (κ3) is 3.77. The highest BCUT2D eigenvalue weighted by molar-refractivity contribution is 6.04. The Kier molecular flexibility index (Phi) is 5.01. The smallest absolute Gasteiger partial charge is 0.325 e. The second kappa shape index (κ2) is 7.78. The van der Waals surface area contributed by atoms with E-state index in [0.717, 1.165) is 11.6 Å². The Balaban J connectivity index is 1.76. The topological polar surface area (TPSA) is 113 Å². The van der Waals surface area contributed by atoms with Gasteiger partial charge in [-0.15, -0.1) is 0 Å². The molecular formula is C21H17FN4O4. The Hall–Kier alpha value is -4.01. The first-order chi connectivity index (χ1) is 14.4. The number of hydrogen-bond donors (Lipinski definition) is 3. The van der Waals surface area contributed by atoms with Crippen LogP contribution < -0.4 is 21.9 Å². The van der Waals surface area contributed by atoms with Gasteiger partial charge in [0.2, 0.25) is 11.8 Å². The molecule has 2 amide bonds. The number of anilines is 2. The molecule has 3 aromatic rings. The van der Waals surface area contributed by atoms with Gasteiger partial charge in [0.25, 0.3) is 5.56 Å². The van der Waals surface area contributed by atoms with E-state index in [1.54, 1.807) is 24.3 Å². The third-order valence-corrected chi connectivity index (χ3v) is 4.82. The Labute approximate surface area is 169 Å². The molecule has 2 aromatic carbocycles. The summed E-state index contributed by atoms with van der Waals surface area (Å²) in [5.74, 6) is -2.84. The summed E-state index contributed by atoms with van der Waals surface area (Å²) < 4.78 is 14.6. The summed E-state index contributed by atoms with van der Waals surface area (Å²) in [6.07, 6.45) is -0.277. The molecule has 0 fully saturated rings. The van der Waals surface area contributed by atoms with Crippen LogP contribution in [-0.2, 0) is 16.1 Å². The van der Waals surface area contributed by atoms with Gasteiger partial charge in [-0.3, -0.25) is 23.9 Å². The fourth-order valence-corrected chi connectivity index (χ4v) is 3.45. The van der Waals surface area contributed by atoms with Gasteiger partial charge >= 0.3 is 5.69 Å². The molecule has 2 heterocycles. The lowest BCUT2D eigenvalue weighted by atomic mass is 9.92. The van der Waals surface area contributed by atoms with Crippen LogP contribution in [0.3, 0.4) is 0 Å². The number of aromatic amines is 1. The number of carbonyl (C=O) groups is 2. The van der Waals surface area contributed by atoms with E-state index in [2.05, 4.69) is 15.6 Å². The van der Waals surface area contributed by atoms with E-state index >= 15 is 0 Å². The molecule has 152 valence electrons. The summed E-state index contributed by atoms with van der Waals surface area (Å²) in [5, 5.41) is 5.08. The number of H-pyrrole nitrogens is 1. The number of aromatic nitrogens is 2. The Morgan fingerprint density at radius 1 is 1.10 bits per heavy atom. The monoisotopic (exact) mass is 408 g/mol. The summed E-state index contributed by atoms with van der Waals surface area (Å²) in [6, 6.07) is 14.3. The summed E-state index contributed by atoms with van der Waals surface area (Å²) in [6.45, 7) is 0.0945. The van der Waals surface area contributed by atoms with Crippen LogP contribution in [0.1, 0.15) is 23.5 Å². The number of benzene rings is 2. The van der Waals surface area contributed by atoms with Gasteiger partial charge in [0.1, 0.15) is 11.6 Å². The van der Waals surface area contributed by atoms with Gasteiger partial charge in [-0.05, 0) is 23.8 Å². The minimum absolute atomic E-state index is 0.0109. The maximum atomic E-state index is 13.4. The first-order valence-corrected chi connectivity index (χ1v) is 9.19. The molecule has 9 heteroatoms. The van der Waals surface area contributed by atoms with E-state index in [4.69, 9.17) is 0 Å². The second-order valence-corrected chi connectivity index (χ2v) is 6.90. The lowest BCUT2D eigenvalue weighted by molar-refractivity contribution is -0.123. The number of hydrogen-bond acceptors (Lipinski definition) is 4. The lowest BCUT2D eigenvalue weighted by Crippen LogP contribution is -2.42. The molecule has 0 saturated carbocycles. The molecule has 0 bridgehead atoms. The normalized spacial score (nSPS) is 15.2. The number of carbonyl (C=O) groups excluding carboxylic acids is 2. The number of halogens is 1. The molecule has 1 aliphatic rings. The molecule has 3 N–H and O–H groups in total. The molecule has 0 unspecified atom stereocenters. The highest BCUT2D eigenvalue weighted by atomic mass is 19.1. The largest absolute Gasteiger partial charge is 0.330 e. The van der Waals surface area contributed by atoms with Crippen molar-refractivity contribution in [1.82, 2.24) is 9.55 Å². The van der Waals surface area contributed by atoms with Crippen LogP contribution in [0.2, 0.25) is 0 Å². The van der Waals surface area contributed by atoms with Gasteiger partial charge < -0.3 is 10.6 Å². The Bertz CT molecular complexity index is 1250. The van der Waals surface area contributed by atoms with E-state index < -0.39 is 34.8 Å². The van der Waals surface area contributed by atoms with Gasteiger partial charge in [-0.2, -0.15) is 0 Å². The van der Waals surface area contributed by atoms with Crippen molar-refractivity contribution in [1.29, 1.82) is 0 Å². The maximum absolute atomic E-state index is 13.4. The van der Waals surface area contributed by atoms with Crippen LogP contribution in [0.15, 0.2) is 64.2 Å². The SMILES string of the molecule is O=C1C[C@H](C(=O)Nc2cccc(F)c2)c2c(n(Cc3ccccc3)c(=O)[nH]c2=O)N1. The highest BCUT2D eigenvalue weighted by Crippen LogP contribution is 2.30. The van der Waals surface area contributed by atoms with Crippen molar-refractivity contribution < 1.29 is 14.0 Å². The van der Waals surface area contributed by atoms with Crippen LogP contribution in [0.25, 0.3) is 0 Å². The Morgan fingerprint density at radius 2 is 1.87 bits per heavy atom. The molecule has 1 aromatic heterocycles. The minimum atomic E-state index is -1.14. The van der Waals surface area contributed by atoms with Gasteiger partial charge in [0.15, 0.2) is 0 Å². The first-order valence-electron chi connectivity index (χ1n) is 9.19. The standard InChI is InChI=1S/C21H17FN4O4/c22-13-7-4-8-14(9-13)23-19(28)15-10-16(27)24-18-17(15)20(29)25-21(30)26(18)11-12-5-2-1-3-6-12/h1-9,15H,10-11H2,(H,23,28)(H,24,27)(H,25,29,30)/t15-/m0/s1. The zero-order valence-corrected chi connectivity index (χ0v) is 15.6. The van der Waals surface area contributed by atoms with Crippen LogP contribution >= 0.6 is 0 Å². The van der Waals surface area contributed by atoms with E-state index in [-0.39, 0.29) is 30.0 Å². The average Bonchev–Trinajstić information content (AvgIpc) is 2.71. The third-order valence-electron chi connectivity index (χ3n) is 4.82. The molecule has 0 spiro atoms. The van der Waals surface area contributed by atoms with E-state index in [9.17, 15) is 23.6 Å². The summed E-state index contributed by atoms with van der Waals surface area (Å²) in [7, 11) is 0. The van der Waals surface area contributed by atoms with E-state index in [1.165, 1.54) is 22.8 Å². The van der Waals surface area contributed by atoms with Gasteiger partial charge in [-0.1, -0.05) is 36.4 Å². The summed E-state index contributed by atoms with van der Waals surface area (Å²) >= 11 is 0. The fourth-order valence-electron chi connectivity index (χ4n) is 3.45. The number of nitrogens with one attached hydrogen (secondary N) is 3. The molecule has 4 rings (SSSR count). The van der Waals surface area contributed by atoms with Crippen molar-refractivity contribution in [3.05, 3.63) is 92.4 Å². The van der Waals surface area contributed by atoms with Crippen molar-refractivity contribution in [2.75, 3.05) is 10.6 Å². The van der Waals surface area contributed by atoms with Crippen LogP contribution in [0, 0.1) is 5.82 Å². The number of amides is 2. The van der Waals surface area contributed by atoms with E-state index in [0.29, 0.717) is 0 Å². The fraction of sp³-hybridized carbons (Fsp3) is 0.143. The van der Waals surface area contributed by atoms with E-state index in [1.807, 2.05) is 6.07 Å². The molecule has 1 atom stereocenters. The quantitative estimate of drug-likeness (QED) is 0.611. The van der Waals surface area contributed by atoms with Crippen molar-refractivity contribution in [2.45, 2.75) is 18.9 Å². The molecular weight excluding hydrogens is 391 g/mol. The van der Waals surface area contributed by atoms with Crippen LogP contribution in [0.5, 0.6) is 0 Å². The van der Waals surface area contributed by atoms with Crippen molar-refractivity contribution in [3.8, 4) is 0 Å². The number of rotatable bonds is 4. The predicted molar refractivity (Wildman–Crippen MR) is 108 cm³/mol. The molecule has 0 aliphatic carbocycles. The molecule has 8 nitrogen and oxygen atoms in total. The number of nitrogens with zero attached hydrogens (tertiary/aromatic N) is 1. The minimum Gasteiger partial charge on any atom is -0.325 e. The number of fused-ring (bicyclic) bond motifs is 1. The second-order valence-electron chi connectivity index (χ2n) is 6.90. The van der Waals surface area contributed by atoms with Crippen molar-refractivity contribution in [2.24, 2.45) is 0 Å². The first kappa shape index (κ1) is 19.3. The maximum Gasteiger partial charge on any atom is 0.330 e. The predicted octanol–water partition coefficient (Wildman–Crippen LogP) is 1.79.